The Hall–Kier alpha value is -1.55. The number of benzene rings is 1. The summed E-state index contributed by atoms with van der Waals surface area (Å²) in [6, 6.07) is 3.29. The predicted octanol–water partition coefficient (Wildman–Crippen LogP) is 1.16. The number of anilines is 1. The van der Waals surface area contributed by atoms with Gasteiger partial charge in [0.2, 0.25) is 5.43 Å². The fraction of sp³-hybridized carbons (Fsp3) is 0. The van der Waals surface area contributed by atoms with E-state index in [1.807, 2.05) is 0 Å². The second kappa shape index (κ2) is 2.74. The average molecular weight is 196 g/mol. The van der Waals surface area contributed by atoms with E-state index in [9.17, 15) is 4.79 Å². The molecule has 5 heteroatoms. The zero-order valence-electron chi connectivity index (χ0n) is 6.54. The van der Waals surface area contributed by atoms with Crippen molar-refractivity contribution in [3.8, 4) is 0 Å². The molecule has 0 aliphatic carbocycles. The number of nitrogens with two attached hydrogens (primary N) is 1. The number of H-pyrrole nitrogens is 1. The van der Waals surface area contributed by atoms with Crippen LogP contribution < -0.4 is 11.2 Å². The van der Waals surface area contributed by atoms with Crippen molar-refractivity contribution in [1.29, 1.82) is 0 Å². The van der Waals surface area contributed by atoms with Crippen molar-refractivity contribution in [3.63, 3.8) is 0 Å². The number of fused-ring (bicyclic) bond motifs is 1. The SMILES string of the molecule is Nc1c(Cl)ccc2[nH]ncc(=O)c12. The summed E-state index contributed by atoms with van der Waals surface area (Å²) in [4.78, 5) is 11.3. The second-order valence-corrected chi connectivity index (χ2v) is 3.03. The Kier molecular flexibility index (Phi) is 1.70. The Labute approximate surface area is 78.3 Å². The van der Waals surface area contributed by atoms with Crippen LogP contribution in [0, 0.1) is 0 Å². The Morgan fingerprint density at radius 3 is 3.00 bits per heavy atom. The van der Waals surface area contributed by atoms with Crippen molar-refractivity contribution < 1.29 is 0 Å². The van der Waals surface area contributed by atoms with Gasteiger partial charge in [0.25, 0.3) is 0 Å². The van der Waals surface area contributed by atoms with E-state index in [2.05, 4.69) is 10.2 Å². The van der Waals surface area contributed by atoms with Gasteiger partial charge < -0.3 is 5.73 Å². The third kappa shape index (κ3) is 1.15. The molecule has 2 aromatic rings. The fourth-order valence-corrected chi connectivity index (χ4v) is 1.34. The number of hydrogen-bond acceptors (Lipinski definition) is 3. The lowest BCUT2D eigenvalue weighted by atomic mass is 10.2. The molecule has 1 heterocycles. The number of nitrogen functional groups attached to an aromatic ring is 1. The molecule has 13 heavy (non-hydrogen) atoms. The van der Waals surface area contributed by atoms with E-state index in [4.69, 9.17) is 17.3 Å². The topological polar surface area (TPSA) is 71.8 Å². The highest BCUT2D eigenvalue weighted by atomic mass is 35.5. The molecule has 0 bridgehead atoms. The molecule has 4 nitrogen and oxygen atoms in total. The van der Waals surface area contributed by atoms with Crippen LogP contribution in [-0.4, -0.2) is 10.2 Å². The van der Waals surface area contributed by atoms with E-state index >= 15 is 0 Å². The maximum atomic E-state index is 11.3. The normalized spacial score (nSPS) is 10.5. The van der Waals surface area contributed by atoms with Crippen molar-refractivity contribution >= 4 is 28.2 Å². The number of aromatic amines is 1. The average Bonchev–Trinajstić information content (AvgIpc) is 2.12. The molecule has 0 aliphatic rings. The Morgan fingerprint density at radius 1 is 1.46 bits per heavy atom. The van der Waals surface area contributed by atoms with Gasteiger partial charge in [-0.3, -0.25) is 9.89 Å². The van der Waals surface area contributed by atoms with Gasteiger partial charge in [-0.2, -0.15) is 5.10 Å². The van der Waals surface area contributed by atoms with Crippen molar-refractivity contribution in [2.45, 2.75) is 0 Å². The molecule has 0 unspecified atom stereocenters. The zero-order chi connectivity index (χ0) is 9.42. The molecule has 0 fully saturated rings. The van der Waals surface area contributed by atoms with Crippen molar-refractivity contribution in [2.75, 3.05) is 5.73 Å². The summed E-state index contributed by atoms with van der Waals surface area (Å²) in [6.07, 6.45) is 1.18. The summed E-state index contributed by atoms with van der Waals surface area (Å²) in [7, 11) is 0. The van der Waals surface area contributed by atoms with Crippen molar-refractivity contribution in [1.82, 2.24) is 10.2 Å². The molecule has 0 saturated carbocycles. The molecular formula is C8H6ClN3O. The van der Waals surface area contributed by atoms with Crippen LogP contribution in [0.25, 0.3) is 10.9 Å². The quantitative estimate of drug-likeness (QED) is 0.620. The molecule has 0 radical (unpaired) electrons. The highest BCUT2D eigenvalue weighted by molar-refractivity contribution is 6.34. The number of nitrogens with zero attached hydrogens (tertiary/aromatic N) is 1. The third-order valence-electron chi connectivity index (χ3n) is 1.81. The van der Waals surface area contributed by atoms with Crippen LogP contribution >= 0.6 is 11.6 Å². The van der Waals surface area contributed by atoms with Crippen LogP contribution in [0.3, 0.4) is 0 Å². The maximum Gasteiger partial charge on any atom is 0.210 e. The van der Waals surface area contributed by atoms with Gasteiger partial charge in [-0.15, -0.1) is 0 Å². The first-order valence-corrected chi connectivity index (χ1v) is 3.99. The Balaban J connectivity index is 3.06. The number of hydrogen-bond donors (Lipinski definition) is 2. The summed E-state index contributed by atoms with van der Waals surface area (Å²) in [5.41, 5.74) is 6.30. The molecule has 0 saturated heterocycles. The van der Waals surface area contributed by atoms with Crippen LogP contribution in [-0.2, 0) is 0 Å². The van der Waals surface area contributed by atoms with Gasteiger partial charge in [-0.05, 0) is 12.1 Å². The molecule has 2 rings (SSSR count). The lowest BCUT2D eigenvalue weighted by molar-refractivity contribution is 1.06. The smallest absolute Gasteiger partial charge is 0.210 e. The molecule has 1 aromatic carbocycles. The van der Waals surface area contributed by atoms with Crippen LogP contribution in [0.5, 0.6) is 0 Å². The number of rotatable bonds is 0. The lowest BCUT2D eigenvalue weighted by Crippen LogP contribution is -2.06. The highest BCUT2D eigenvalue weighted by Gasteiger charge is 2.05. The van der Waals surface area contributed by atoms with Crippen LogP contribution in [0.15, 0.2) is 23.1 Å². The highest BCUT2D eigenvalue weighted by Crippen LogP contribution is 2.23. The van der Waals surface area contributed by atoms with E-state index in [-0.39, 0.29) is 5.43 Å². The van der Waals surface area contributed by atoms with Gasteiger partial charge in [-0.25, -0.2) is 0 Å². The number of nitrogens with one attached hydrogen (secondary N) is 1. The van der Waals surface area contributed by atoms with Gasteiger partial charge in [-0.1, -0.05) is 11.6 Å². The molecule has 0 aliphatic heterocycles. The Bertz CT molecular complexity index is 520. The van der Waals surface area contributed by atoms with E-state index in [1.54, 1.807) is 12.1 Å². The molecule has 0 amide bonds. The van der Waals surface area contributed by atoms with Gasteiger partial charge in [0.1, 0.15) is 0 Å². The second-order valence-electron chi connectivity index (χ2n) is 2.62. The van der Waals surface area contributed by atoms with Crippen molar-refractivity contribution in [2.24, 2.45) is 0 Å². The van der Waals surface area contributed by atoms with Crippen molar-refractivity contribution in [3.05, 3.63) is 33.6 Å². The minimum atomic E-state index is -0.228. The fourth-order valence-electron chi connectivity index (χ4n) is 1.18. The van der Waals surface area contributed by atoms with Gasteiger partial charge >= 0.3 is 0 Å². The molecule has 0 atom stereocenters. The number of halogens is 1. The molecule has 1 aromatic heterocycles. The maximum absolute atomic E-state index is 11.3. The summed E-state index contributed by atoms with van der Waals surface area (Å²) in [6.45, 7) is 0. The van der Waals surface area contributed by atoms with Gasteiger partial charge in [0, 0.05) is 0 Å². The monoisotopic (exact) mass is 195 g/mol. The first kappa shape index (κ1) is 8.07. The third-order valence-corrected chi connectivity index (χ3v) is 2.14. The van der Waals surface area contributed by atoms with Gasteiger partial charge in [0.05, 0.1) is 27.8 Å². The minimum absolute atomic E-state index is 0.228. The molecule has 0 spiro atoms. The van der Waals surface area contributed by atoms with Gasteiger partial charge in [0.15, 0.2) is 0 Å². The van der Waals surface area contributed by atoms with E-state index in [0.717, 1.165) is 0 Å². The summed E-state index contributed by atoms with van der Waals surface area (Å²) < 4.78 is 0. The predicted molar refractivity (Wildman–Crippen MR) is 51.8 cm³/mol. The standard InChI is InChI=1S/C8H6ClN3O/c9-4-1-2-5-7(8(4)10)6(13)3-11-12-5/h1-3H,10H2,(H,12,13). The first-order chi connectivity index (χ1) is 6.20. The Morgan fingerprint density at radius 2 is 2.23 bits per heavy atom. The van der Waals surface area contributed by atoms with Crippen LogP contribution in [0.1, 0.15) is 0 Å². The molecule has 66 valence electrons. The van der Waals surface area contributed by atoms with E-state index in [0.29, 0.717) is 21.6 Å². The number of aromatic nitrogens is 2. The molecule has 3 N–H and O–H groups in total. The summed E-state index contributed by atoms with van der Waals surface area (Å²) in [5, 5.41) is 7.09. The van der Waals surface area contributed by atoms with E-state index < -0.39 is 0 Å². The summed E-state index contributed by atoms with van der Waals surface area (Å²) >= 11 is 5.76. The van der Waals surface area contributed by atoms with Crippen LogP contribution in [0.2, 0.25) is 5.02 Å². The van der Waals surface area contributed by atoms with E-state index in [1.165, 1.54) is 6.20 Å². The van der Waals surface area contributed by atoms with Crippen LogP contribution in [0.4, 0.5) is 5.69 Å². The lowest BCUT2D eigenvalue weighted by Gasteiger charge is -2.01. The first-order valence-electron chi connectivity index (χ1n) is 3.61. The zero-order valence-corrected chi connectivity index (χ0v) is 7.30. The molecular weight excluding hydrogens is 190 g/mol. The minimum Gasteiger partial charge on any atom is -0.397 e. The largest absolute Gasteiger partial charge is 0.397 e. The summed E-state index contributed by atoms with van der Waals surface area (Å²) in [5.74, 6) is 0.